The van der Waals surface area contributed by atoms with Gasteiger partial charge >= 0.3 is 0 Å². The van der Waals surface area contributed by atoms with Gasteiger partial charge in [-0.05, 0) is 68.5 Å². The summed E-state index contributed by atoms with van der Waals surface area (Å²) in [6.07, 6.45) is 5.21. The number of aromatic nitrogens is 2. The molecule has 1 fully saturated rings. The van der Waals surface area contributed by atoms with Crippen LogP contribution in [0, 0.1) is 20.8 Å². The highest BCUT2D eigenvalue weighted by molar-refractivity contribution is 5.43. The summed E-state index contributed by atoms with van der Waals surface area (Å²) in [6, 6.07) is 12.2. The molecule has 2 heterocycles. The van der Waals surface area contributed by atoms with Crippen LogP contribution in [0.1, 0.15) is 35.1 Å². The third-order valence-electron chi connectivity index (χ3n) is 6.59. The number of rotatable bonds is 10. The predicted octanol–water partition coefficient (Wildman–Crippen LogP) is 4.30. The van der Waals surface area contributed by atoms with Gasteiger partial charge in [0.05, 0.1) is 19.9 Å². The monoisotopic (exact) mass is 479 g/mol. The normalized spacial score (nSPS) is 15.7. The van der Waals surface area contributed by atoms with Crippen LogP contribution >= 0.6 is 0 Å². The zero-order valence-electron chi connectivity index (χ0n) is 21.3. The molecule has 1 aromatic heterocycles. The zero-order valence-corrected chi connectivity index (χ0v) is 21.3. The molecule has 0 amide bonds. The molecule has 7 heteroatoms. The Morgan fingerprint density at radius 3 is 2.40 bits per heavy atom. The number of ether oxygens (including phenoxy) is 3. The van der Waals surface area contributed by atoms with Gasteiger partial charge in [-0.2, -0.15) is 5.10 Å². The van der Waals surface area contributed by atoms with Gasteiger partial charge in [-0.15, -0.1) is 0 Å². The van der Waals surface area contributed by atoms with Crippen LogP contribution in [0.4, 0.5) is 0 Å². The van der Waals surface area contributed by atoms with Gasteiger partial charge in [0.2, 0.25) is 0 Å². The number of hydrogen-bond acceptors (Lipinski definition) is 6. The molecule has 0 spiro atoms. The Balaban J connectivity index is 1.26. The molecule has 1 N–H and O–H groups in total. The molecule has 0 unspecified atom stereocenters. The molecule has 4 rings (SSSR count). The van der Waals surface area contributed by atoms with Gasteiger partial charge in [0, 0.05) is 25.8 Å². The lowest BCUT2D eigenvalue weighted by atomic mass is 9.92. The van der Waals surface area contributed by atoms with Gasteiger partial charge in [-0.25, -0.2) is 0 Å². The Labute approximate surface area is 208 Å². The summed E-state index contributed by atoms with van der Waals surface area (Å²) >= 11 is 0. The Morgan fingerprint density at radius 1 is 0.943 bits per heavy atom. The van der Waals surface area contributed by atoms with E-state index in [0.29, 0.717) is 32.6 Å². The van der Waals surface area contributed by atoms with Crippen molar-refractivity contribution in [2.75, 3.05) is 33.4 Å². The summed E-state index contributed by atoms with van der Waals surface area (Å²) in [6.45, 7) is 10.1. The average Bonchev–Trinajstić information content (AvgIpc) is 3.26. The topological polar surface area (TPSA) is 69.0 Å². The van der Waals surface area contributed by atoms with E-state index in [1.54, 1.807) is 7.11 Å². The number of aliphatic hydroxyl groups is 1. The minimum atomic E-state index is -0.795. The fourth-order valence-corrected chi connectivity index (χ4v) is 4.47. The summed E-state index contributed by atoms with van der Waals surface area (Å²) in [4.78, 5) is 2.36. The molecule has 0 radical (unpaired) electrons. The molecule has 188 valence electrons. The molecule has 1 aliphatic heterocycles. The minimum Gasteiger partial charge on any atom is -0.493 e. The molecule has 1 aliphatic rings. The molecule has 7 nitrogen and oxygen atoms in total. The summed E-state index contributed by atoms with van der Waals surface area (Å²) in [7, 11) is 1.67. The van der Waals surface area contributed by atoms with Gasteiger partial charge in [0.25, 0.3) is 0 Å². The third-order valence-corrected chi connectivity index (χ3v) is 6.59. The van der Waals surface area contributed by atoms with E-state index >= 15 is 0 Å². The smallest absolute Gasteiger partial charge is 0.161 e. The van der Waals surface area contributed by atoms with Crippen LogP contribution < -0.4 is 14.2 Å². The standard InChI is InChI=1S/C28H37N3O4/c1-21-5-7-25(23(3)15-21)35-20-28(32)9-11-30(12-10-28)19-24-6-8-26(27(16-24)33-4)34-14-13-31-18-22(2)17-29-31/h5-8,15-18,32H,9-14,19-20H2,1-4H3. The lowest BCUT2D eigenvalue weighted by Gasteiger charge is -2.38. The number of nitrogens with zero attached hydrogens (tertiary/aromatic N) is 3. The number of piperidine rings is 1. The van der Waals surface area contributed by atoms with Crippen LogP contribution in [0.2, 0.25) is 0 Å². The van der Waals surface area contributed by atoms with Crippen molar-refractivity contribution in [1.82, 2.24) is 14.7 Å². The van der Waals surface area contributed by atoms with Gasteiger partial charge in [0.15, 0.2) is 11.5 Å². The molecule has 0 bridgehead atoms. The number of hydrogen-bond donors (Lipinski definition) is 1. The fourth-order valence-electron chi connectivity index (χ4n) is 4.47. The van der Waals surface area contributed by atoms with E-state index in [0.717, 1.165) is 53.6 Å². The summed E-state index contributed by atoms with van der Waals surface area (Å²) in [5.74, 6) is 2.31. The summed E-state index contributed by atoms with van der Waals surface area (Å²) in [5.41, 5.74) is 3.81. The van der Waals surface area contributed by atoms with E-state index in [1.807, 2.05) is 55.2 Å². The van der Waals surface area contributed by atoms with E-state index in [2.05, 4.69) is 29.1 Å². The van der Waals surface area contributed by atoms with Crippen molar-refractivity contribution in [2.45, 2.75) is 52.3 Å². The molecular formula is C28H37N3O4. The predicted molar refractivity (Wildman–Crippen MR) is 136 cm³/mol. The molecular weight excluding hydrogens is 442 g/mol. The fraction of sp³-hybridized carbons (Fsp3) is 0.464. The Morgan fingerprint density at radius 2 is 1.71 bits per heavy atom. The van der Waals surface area contributed by atoms with E-state index in [-0.39, 0.29) is 0 Å². The first kappa shape index (κ1) is 25.1. The van der Waals surface area contributed by atoms with Crippen LogP contribution in [0.5, 0.6) is 17.2 Å². The lowest BCUT2D eigenvalue weighted by molar-refractivity contribution is -0.0538. The van der Waals surface area contributed by atoms with Crippen molar-refractivity contribution in [3.8, 4) is 17.2 Å². The van der Waals surface area contributed by atoms with Crippen molar-refractivity contribution >= 4 is 0 Å². The second kappa shape index (κ2) is 11.1. The van der Waals surface area contributed by atoms with Crippen LogP contribution in [-0.4, -0.2) is 58.8 Å². The minimum absolute atomic E-state index is 0.322. The second-order valence-corrected chi connectivity index (χ2v) is 9.67. The van der Waals surface area contributed by atoms with Crippen molar-refractivity contribution in [3.63, 3.8) is 0 Å². The van der Waals surface area contributed by atoms with E-state index in [4.69, 9.17) is 14.2 Å². The molecule has 0 atom stereocenters. The maximum Gasteiger partial charge on any atom is 0.161 e. The third kappa shape index (κ3) is 6.77. The highest BCUT2D eigenvalue weighted by atomic mass is 16.5. The lowest BCUT2D eigenvalue weighted by Crippen LogP contribution is -2.47. The largest absolute Gasteiger partial charge is 0.493 e. The first-order chi connectivity index (χ1) is 16.8. The Bertz CT molecular complexity index is 1120. The number of methoxy groups -OCH3 is 1. The van der Waals surface area contributed by atoms with Gasteiger partial charge in [0.1, 0.15) is 24.6 Å². The first-order valence-corrected chi connectivity index (χ1v) is 12.3. The second-order valence-electron chi connectivity index (χ2n) is 9.67. The maximum atomic E-state index is 11.1. The number of benzene rings is 2. The van der Waals surface area contributed by atoms with E-state index < -0.39 is 5.60 Å². The van der Waals surface area contributed by atoms with Crippen molar-refractivity contribution in [1.29, 1.82) is 0 Å². The quantitative estimate of drug-likeness (QED) is 0.468. The molecule has 0 aliphatic carbocycles. The van der Waals surface area contributed by atoms with Gasteiger partial charge < -0.3 is 19.3 Å². The first-order valence-electron chi connectivity index (χ1n) is 12.3. The van der Waals surface area contributed by atoms with E-state index in [1.165, 1.54) is 5.56 Å². The van der Waals surface area contributed by atoms with Crippen LogP contribution in [0.3, 0.4) is 0 Å². The van der Waals surface area contributed by atoms with Crippen molar-refractivity contribution in [2.24, 2.45) is 0 Å². The van der Waals surface area contributed by atoms with E-state index in [9.17, 15) is 5.11 Å². The Hall–Kier alpha value is -3.03. The molecule has 2 aromatic carbocycles. The Kier molecular flexibility index (Phi) is 7.98. The summed E-state index contributed by atoms with van der Waals surface area (Å²) < 4.78 is 19.4. The van der Waals surface area contributed by atoms with Crippen LogP contribution in [0.15, 0.2) is 48.8 Å². The molecule has 0 saturated carbocycles. The number of likely N-dealkylation sites (tertiary alicyclic amines) is 1. The molecule has 1 saturated heterocycles. The van der Waals surface area contributed by atoms with Crippen molar-refractivity contribution < 1.29 is 19.3 Å². The highest BCUT2D eigenvalue weighted by Crippen LogP contribution is 2.30. The van der Waals surface area contributed by atoms with Crippen LogP contribution in [0.25, 0.3) is 0 Å². The average molecular weight is 480 g/mol. The van der Waals surface area contributed by atoms with Gasteiger partial charge in [-0.3, -0.25) is 9.58 Å². The molecule has 3 aromatic rings. The van der Waals surface area contributed by atoms with Gasteiger partial charge in [-0.1, -0.05) is 23.8 Å². The van der Waals surface area contributed by atoms with Crippen molar-refractivity contribution in [3.05, 3.63) is 71.0 Å². The summed E-state index contributed by atoms with van der Waals surface area (Å²) in [5, 5.41) is 15.3. The maximum absolute atomic E-state index is 11.1. The number of aryl methyl sites for hydroxylation is 3. The highest BCUT2D eigenvalue weighted by Gasteiger charge is 2.33. The zero-order chi connectivity index (χ0) is 24.8. The SMILES string of the molecule is COc1cc(CN2CCC(O)(COc3ccc(C)cc3C)CC2)ccc1OCCn1cc(C)cn1. The molecule has 35 heavy (non-hydrogen) atoms. The van der Waals surface area contributed by atoms with Crippen LogP contribution in [-0.2, 0) is 13.1 Å².